The second-order valence-electron chi connectivity index (χ2n) is 5.20. The van der Waals surface area contributed by atoms with Gasteiger partial charge in [-0.05, 0) is 26.2 Å². The molecular formula is C14H21N5O. The van der Waals surface area contributed by atoms with Gasteiger partial charge in [0.25, 0.3) is 0 Å². The van der Waals surface area contributed by atoms with E-state index < -0.39 is 0 Å². The van der Waals surface area contributed by atoms with E-state index in [0.29, 0.717) is 6.04 Å². The predicted molar refractivity (Wildman–Crippen MR) is 77.9 cm³/mol. The van der Waals surface area contributed by atoms with Crippen molar-refractivity contribution in [2.24, 2.45) is 0 Å². The fourth-order valence-corrected chi connectivity index (χ4v) is 2.95. The monoisotopic (exact) mass is 275 g/mol. The molecule has 1 aliphatic rings. The highest BCUT2D eigenvalue weighted by Gasteiger charge is 2.26. The molecule has 2 aromatic rings. The molecule has 0 aromatic carbocycles. The Kier molecular flexibility index (Phi) is 3.82. The van der Waals surface area contributed by atoms with Crippen LogP contribution in [0.15, 0.2) is 12.7 Å². The largest absolute Gasteiger partial charge is 0.383 e. The van der Waals surface area contributed by atoms with Crippen molar-refractivity contribution in [3.63, 3.8) is 0 Å². The van der Waals surface area contributed by atoms with Crippen molar-refractivity contribution in [1.82, 2.24) is 19.5 Å². The first-order chi connectivity index (χ1) is 9.85. The summed E-state index contributed by atoms with van der Waals surface area (Å²) in [4.78, 5) is 15.7. The molecule has 0 radical (unpaired) electrons. The second-order valence-corrected chi connectivity index (χ2v) is 5.20. The molecule has 0 aliphatic carbocycles. The molecule has 1 saturated heterocycles. The lowest BCUT2D eigenvalue weighted by Crippen LogP contribution is -2.43. The smallest absolute Gasteiger partial charge is 0.165 e. The molecule has 0 spiro atoms. The van der Waals surface area contributed by atoms with Crippen molar-refractivity contribution in [3.05, 3.63) is 12.7 Å². The number of hydrogen-bond donors (Lipinski definition) is 0. The summed E-state index contributed by atoms with van der Waals surface area (Å²) in [6, 6.07) is 0.388. The molecule has 1 unspecified atom stereocenters. The first-order valence-electron chi connectivity index (χ1n) is 7.26. The number of piperidine rings is 1. The molecule has 20 heavy (non-hydrogen) atoms. The van der Waals surface area contributed by atoms with Crippen molar-refractivity contribution in [1.29, 1.82) is 0 Å². The minimum atomic E-state index is 0.388. The first kappa shape index (κ1) is 13.3. The Morgan fingerprint density at radius 2 is 2.20 bits per heavy atom. The zero-order valence-corrected chi connectivity index (χ0v) is 12.1. The maximum Gasteiger partial charge on any atom is 0.165 e. The van der Waals surface area contributed by atoms with E-state index in [-0.39, 0.29) is 0 Å². The third-order valence-corrected chi connectivity index (χ3v) is 3.98. The van der Waals surface area contributed by atoms with Gasteiger partial charge in [0.15, 0.2) is 17.0 Å². The molecule has 0 N–H and O–H groups in total. The first-order valence-corrected chi connectivity index (χ1v) is 7.26. The molecule has 0 bridgehead atoms. The van der Waals surface area contributed by atoms with Gasteiger partial charge in [0.1, 0.15) is 6.33 Å². The predicted octanol–water partition coefficient (Wildman–Crippen LogP) is 1.85. The Morgan fingerprint density at radius 3 is 3.00 bits per heavy atom. The third kappa shape index (κ3) is 2.24. The summed E-state index contributed by atoms with van der Waals surface area (Å²) in [7, 11) is 1.76. The van der Waals surface area contributed by atoms with Gasteiger partial charge in [0.2, 0.25) is 0 Å². The number of imidazole rings is 1. The van der Waals surface area contributed by atoms with E-state index in [1.54, 1.807) is 13.4 Å². The lowest BCUT2D eigenvalue weighted by atomic mass is 10.0. The van der Waals surface area contributed by atoms with Crippen LogP contribution in [0.4, 0.5) is 5.82 Å². The number of aromatic nitrogens is 4. The summed E-state index contributed by atoms with van der Waals surface area (Å²) in [5.41, 5.74) is 1.82. The summed E-state index contributed by atoms with van der Waals surface area (Å²) in [5, 5.41) is 0. The van der Waals surface area contributed by atoms with Gasteiger partial charge in [0.05, 0.1) is 19.0 Å². The van der Waals surface area contributed by atoms with Crippen LogP contribution in [0.1, 0.15) is 26.2 Å². The Hall–Kier alpha value is -1.69. The highest BCUT2D eigenvalue weighted by Crippen LogP contribution is 2.28. The molecule has 2 aromatic heterocycles. The Morgan fingerprint density at radius 1 is 1.30 bits per heavy atom. The number of anilines is 1. The summed E-state index contributed by atoms with van der Waals surface area (Å²) >= 11 is 0. The molecule has 6 heteroatoms. The molecule has 0 amide bonds. The van der Waals surface area contributed by atoms with Gasteiger partial charge in [0, 0.05) is 20.2 Å². The average Bonchev–Trinajstić information content (AvgIpc) is 2.91. The van der Waals surface area contributed by atoms with Gasteiger partial charge in [-0.1, -0.05) is 0 Å². The Balaban J connectivity index is 2.01. The number of hydrogen-bond acceptors (Lipinski definition) is 5. The topological polar surface area (TPSA) is 56.1 Å². The zero-order valence-electron chi connectivity index (χ0n) is 12.1. The van der Waals surface area contributed by atoms with Crippen LogP contribution < -0.4 is 4.90 Å². The molecule has 1 aliphatic heterocycles. The molecule has 108 valence electrons. The van der Waals surface area contributed by atoms with E-state index in [2.05, 4.69) is 31.3 Å². The summed E-state index contributed by atoms with van der Waals surface area (Å²) in [5.74, 6) is 0.948. The molecular weight excluding hydrogens is 254 g/mol. The summed E-state index contributed by atoms with van der Waals surface area (Å²) < 4.78 is 7.41. The van der Waals surface area contributed by atoms with Crippen LogP contribution in [-0.2, 0) is 11.3 Å². The van der Waals surface area contributed by atoms with Crippen LogP contribution in [-0.4, -0.2) is 45.8 Å². The number of ether oxygens (including phenoxy) is 1. The van der Waals surface area contributed by atoms with Crippen LogP contribution in [0.5, 0.6) is 0 Å². The molecule has 1 fully saturated rings. The van der Waals surface area contributed by atoms with Gasteiger partial charge in [-0.25, -0.2) is 15.0 Å². The third-order valence-electron chi connectivity index (χ3n) is 3.98. The summed E-state index contributed by atoms with van der Waals surface area (Å²) in [6.45, 7) is 4.71. The van der Waals surface area contributed by atoms with Crippen molar-refractivity contribution in [3.8, 4) is 0 Å². The van der Waals surface area contributed by atoms with E-state index in [1.807, 2.05) is 6.33 Å². The molecule has 6 nitrogen and oxygen atoms in total. The number of methoxy groups -OCH3 is 1. The number of nitrogens with zero attached hydrogens (tertiary/aromatic N) is 5. The molecule has 3 heterocycles. The lowest BCUT2D eigenvalue weighted by molar-refractivity contribution is 0.166. The van der Waals surface area contributed by atoms with Crippen molar-refractivity contribution in [2.75, 3.05) is 25.2 Å². The van der Waals surface area contributed by atoms with Crippen molar-refractivity contribution >= 4 is 17.0 Å². The van der Waals surface area contributed by atoms with Gasteiger partial charge in [-0.2, -0.15) is 0 Å². The number of aryl methyl sites for hydroxylation is 1. The molecule has 3 rings (SSSR count). The Bertz CT molecular complexity index is 580. The van der Waals surface area contributed by atoms with Crippen LogP contribution in [0.2, 0.25) is 0 Å². The minimum Gasteiger partial charge on any atom is -0.383 e. The van der Waals surface area contributed by atoms with E-state index in [9.17, 15) is 0 Å². The fourth-order valence-electron chi connectivity index (χ4n) is 2.95. The van der Waals surface area contributed by atoms with Crippen molar-refractivity contribution in [2.45, 2.75) is 38.8 Å². The van der Waals surface area contributed by atoms with Crippen molar-refractivity contribution < 1.29 is 4.74 Å². The van der Waals surface area contributed by atoms with Crippen LogP contribution in [0.3, 0.4) is 0 Å². The summed E-state index contributed by atoms with van der Waals surface area (Å²) in [6.07, 6.45) is 7.08. The maximum atomic E-state index is 5.36. The standard InChI is InChI=1S/C14H21N5O/c1-3-18-10-17-12-13(18)15-9-16-14(12)19-7-5-4-6-11(19)8-20-2/h9-11H,3-8H2,1-2H3. The highest BCUT2D eigenvalue weighted by molar-refractivity contribution is 5.83. The van der Waals surface area contributed by atoms with Crippen LogP contribution in [0, 0.1) is 0 Å². The van der Waals surface area contributed by atoms with E-state index in [0.717, 1.165) is 43.1 Å². The van der Waals surface area contributed by atoms with E-state index >= 15 is 0 Å². The SMILES string of the molecule is CCn1cnc2c(N3CCCCC3COC)ncnc21. The zero-order chi connectivity index (χ0) is 13.9. The van der Waals surface area contributed by atoms with Crippen LogP contribution >= 0.6 is 0 Å². The lowest BCUT2D eigenvalue weighted by Gasteiger charge is -2.36. The van der Waals surface area contributed by atoms with Crippen LogP contribution in [0.25, 0.3) is 11.2 Å². The quantitative estimate of drug-likeness (QED) is 0.852. The van der Waals surface area contributed by atoms with E-state index in [4.69, 9.17) is 4.74 Å². The normalized spacial score (nSPS) is 19.7. The maximum absolute atomic E-state index is 5.36. The Labute approximate surface area is 118 Å². The number of rotatable bonds is 4. The number of fused-ring (bicyclic) bond motifs is 1. The van der Waals surface area contributed by atoms with Gasteiger partial charge in [-0.3, -0.25) is 0 Å². The second kappa shape index (κ2) is 5.75. The van der Waals surface area contributed by atoms with Gasteiger partial charge in [-0.15, -0.1) is 0 Å². The minimum absolute atomic E-state index is 0.388. The van der Waals surface area contributed by atoms with Gasteiger partial charge >= 0.3 is 0 Å². The molecule has 0 saturated carbocycles. The fraction of sp³-hybridized carbons (Fsp3) is 0.643. The highest BCUT2D eigenvalue weighted by atomic mass is 16.5. The molecule has 1 atom stereocenters. The average molecular weight is 275 g/mol. The van der Waals surface area contributed by atoms with E-state index in [1.165, 1.54) is 12.8 Å². The van der Waals surface area contributed by atoms with Gasteiger partial charge < -0.3 is 14.2 Å².